The van der Waals surface area contributed by atoms with Crippen LogP contribution in [-0.2, 0) is 0 Å². The molecule has 2 saturated carbocycles. The standard InChI is InChI=1S/C15H27N3O/c19-15(16-14-4-2-1-3-5-14)18-10-8-17(9-11-18)12-13-6-7-13/h13-14H,1-12H2,(H,16,19). The summed E-state index contributed by atoms with van der Waals surface area (Å²) in [5.74, 6) is 0.961. The highest BCUT2D eigenvalue weighted by Crippen LogP contribution is 2.29. The minimum absolute atomic E-state index is 0.179. The first-order valence-electron chi connectivity index (χ1n) is 8.09. The van der Waals surface area contributed by atoms with Crippen LogP contribution in [-0.4, -0.2) is 54.6 Å². The molecule has 3 rings (SSSR count). The number of carbonyl (C=O) groups excluding carboxylic acids is 1. The molecule has 0 spiro atoms. The maximum Gasteiger partial charge on any atom is 0.317 e. The molecular formula is C15H27N3O. The van der Waals surface area contributed by atoms with Gasteiger partial charge >= 0.3 is 6.03 Å². The molecule has 1 aliphatic heterocycles. The van der Waals surface area contributed by atoms with Crippen molar-refractivity contribution in [3.05, 3.63) is 0 Å². The van der Waals surface area contributed by atoms with E-state index in [1.54, 1.807) is 0 Å². The van der Waals surface area contributed by atoms with Gasteiger partial charge in [-0.15, -0.1) is 0 Å². The Hall–Kier alpha value is -0.770. The van der Waals surface area contributed by atoms with Crippen LogP contribution in [0.2, 0.25) is 0 Å². The van der Waals surface area contributed by atoms with Crippen molar-refractivity contribution >= 4 is 6.03 Å². The third-order valence-corrected chi connectivity index (χ3v) is 4.81. The predicted octanol–water partition coefficient (Wildman–Crippen LogP) is 2.06. The zero-order valence-corrected chi connectivity index (χ0v) is 11.9. The number of hydrogen-bond donors (Lipinski definition) is 1. The maximum absolute atomic E-state index is 12.2. The summed E-state index contributed by atoms with van der Waals surface area (Å²) >= 11 is 0. The molecule has 0 aromatic carbocycles. The number of amides is 2. The fraction of sp³-hybridized carbons (Fsp3) is 0.933. The van der Waals surface area contributed by atoms with Gasteiger partial charge in [0.2, 0.25) is 0 Å². The summed E-state index contributed by atoms with van der Waals surface area (Å²) in [7, 11) is 0. The van der Waals surface area contributed by atoms with Crippen molar-refractivity contribution in [2.24, 2.45) is 5.92 Å². The maximum atomic E-state index is 12.2. The van der Waals surface area contributed by atoms with Crippen molar-refractivity contribution < 1.29 is 4.79 Å². The van der Waals surface area contributed by atoms with E-state index in [9.17, 15) is 4.79 Å². The molecule has 108 valence electrons. The first-order valence-corrected chi connectivity index (χ1v) is 8.09. The van der Waals surface area contributed by atoms with Gasteiger partial charge in [-0.1, -0.05) is 19.3 Å². The monoisotopic (exact) mass is 265 g/mol. The molecule has 2 amide bonds. The van der Waals surface area contributed by atoms with Crippen molar-refractivity contribution in [2.75, 3.05) is 32.7 Å². The average molecular weight is 265 g/mol. The summed E-state index contributed by atoms with van der Waals surface area (Å²) in [5.41, 5.74) is 0. The van der Waals surface area contributed by atoms with E-state index in [4.69, 9.17) is 0 Å². The molecule has 0 unspecified atom stereocenters. The van der Waals surface area contributed by atoms with E-state index in [1.807, 2.05) is 4.90 Å². The summed E-state index contributed by atoms with van der Waals surface area (Å²) < 4.78 is 0. The van der Waals surface area contributed by atoms with Gasteiger partial charge in [0.25, 0.3) is 0 Å². The molecule has 1 N–H and O–H groups in total. The van der Waals surface area contributed by atoms with Gasteiger partial charge in [0, 0.05) is 38.8 Å². The van der Waals surface area contributed by atoms with E-state index in [-0.39, 0.29) is 6.03 Å². The van der Waals surface area contributed by atoms with E-state index in [1.165, 1.54) is 51.5 Å². The van der Waals surface area contributed by atoms with Gasteiger partial charge in [0.15, 0.2) is 0 Å². The number of hydrogen-bond acceptors (Lipinski definition) is 2. The first kappa shape index (κ1) is 13.2. The number of nitrogens with zero attached hydrogens (tertiary/aromatic N) is 2. The molecule has 3 fully saturated rings. The number of nitrogens with one attached hydrogen (secondary N) is 1. The lowest BCUT2D eigenvalue weighted by molar-refractivity contribution is 0.133. The SMILES string of the molecule is O=C(NC1CCCCC1)N1CCN(CC2CC2)CC1. The molecule has 4 nitrogen and oxygen atoms in total. The second-order valence-corrected chi connectivity index (χ2v) is 6.52. The zero-order chi connectivity index (χ0) is 13.1. The van der Waals surface area contributed by atoms with Crippen LogP contribution in [0.5, 0.6) is 0 Å². The Morgan fingerprint density at radius 3 is 2.26 bits per heavy atom. The Balaban J connectivity index is 1.38. The molecule has 0 atom stereocenters. The van der Waals surface area contributed by atoms with Crippen LogP contribution in [0, 0.1) is 5.92 Å². The second kappa shape index (κ2) is 6.12. The van der Waals surface area contributed by atoms with Crippen LogP contribution >= 0.6 is 0 Å². The molecule has 4 heteroatoms. The lowest BCUT2D eigenvalue weighted by Gasteiger charge is -2.36. The van der Waals surface area contributed by atoms with E-state index in [0.717, 1.165) is 32.1 Å². The Bertz CT molecular complexity index is 303. The van der Waals surface area contributed by atoms with Crippen molar-refractivity contribution in [3.63, 3.8) is 0 Å². The van der Waals surface area contributed by atoms with E-state index < -0.39 is 0 Å². The zero-order valence-electron chi connectivity index (χ0n) is 11.9. The van der Waals surface area contributed by atoms with Gasteiger partial charge in [0.1, 0.15) is 0 Å². The molecule has 0 aromatic heterocycles. The van der Waals surface area contributed by atoms with Crippen molar-refractivity contribution in [2.45, 2.75) is 51.0 Å². The number of rotatable bonds is 3. The van der Waals surface area contributed by atoms with Crippen LogP contribution in [0.1, 0.15) is 44.9 Å². The van der Waals surface area contributed by atoms with E-state index >= 15 is 0 Å². The summed E-state index contributed by atoms with van der Waals surface area (Å²) in [6.07, 6.45) is 9.08. The Morgan fingerprint density at radius 1 is 0.947 bits per heavy atom. The van der Waals surface area contributed by atoms with Crippen molar-refractivity contribution in [1.29, 1.82) is 0 Å². The van der Waals surface area contributed by atoms with Crippen molar-refractivity contribution in [3.8, 4) is 0 Å². The lowest BCUT2D eigenvalue weighted by atomic mass is 9.96. The molecule has 0 bridgehead atoms. The van der Waals surface area contributed by atoms with Gasteiger partial charge in [-0.3, -0.25) is 4.90 Å². The minimum atomic E-state index is 0.179. The summed E-state index contributed by atoms with van der Waals surface area (Å²) in [5, 5.41) is 3.22. The third-order valence-electron chi connectivity index (χ3n) is 4.81. The lowest BCUT2D eigenvalue weighted by Crippen LogP contribution is -2.53. The van der Waals surface area contributed by atoms with E-state index in [0.29, 0.717) is 6.04 Å². The Kier molecular flexibility index (Phi) is 4.26. The number of piperazine rings is 1. The average Bonchev–Trinajstić information content (AvgIpc) is 3.25. The van der Waals surface area contributed by atoms with Gasteiger partial charge in [-0.25, -0.2) is 4.79 Å². The fourth-order valence-electron chi connectivity index (χ4n) is 3.31. The molecule has 0 radical (unpaired) electrons. The van der Waals surface area contributed by atoms with Crippen LogP contribution in [0.25, 0.3) is 0 Å². The third kappa shape index (κ3) is 3.85. The highest BCUT2D eigenvalue weighted by Gasteiger charge is 2.28. The molecular weight excluding hydrogens is 238 g/mol. The summed E-state index contributed by atoms with van der Waals surface area (Å²) in [4.78, 5) is 16.7. The highest BCUT2D eigenvalue weighted by atomic mass is 16.2. The largest absolute Gasteiger partial charge is 0.335 e. The van der Waals surface area contributed by atoms with E-state index in [2.05, 4.69) is 10.2 Å². The molecule has 2 aliphatic carbocycles. The van der Waals surface area contributed by atoms with Crippen LogP contribution in [0.15, 0.2) is 0 Å². The van der Waals surface area contributed by atoms with Gasteiger partial charge < -0.3 is 10.2 Å². The fourth-order valence-corrected chi connectivity index (χ4v) is 3.31. The summed E-state index contributed by atoms with van der Waals surface area (Å²) in [6, 6.07) is 0.615. The normalized spacial score (nSPS) is 26.4. The molecule has 1 saturated heterocycles. The quantitative estimate of drug-likeness (QED) is 0.848. The second-order valence-electron chi connectivity index (χ2n) is 6.52. The highest BCUT2D eigenvalue weighted by molar-refractivity contribution is 5.74. The van der Waals surface area contributed by atoms with Crippen LogP contribution < -0.4 is 5.32 Å². The number of urea groups is 1. The minimum Gasteiger partial charge on any atom is -0.335 e. The molecule has 1 heterocycles. The molecule has 0 aromatic rings. The Morgan fingerprint density at radius 2 is 1.63 bits per heavy atom. The predicted molar refractivity (Wildman–Crippen MR) is 76.1 cm³/mol. The smallest absolute Gasteiger partial charge is 0.317 e. The van der Waals surface area contributed by atoms with Gasteiger partial charge in [-0.2, -0.15) is 0 Å². The van der Waals surface area contributed by atoms with Crippen molar-refractivity contribution in [1.82, 2.24) is 15.1 Å². The first-order chi connectivity index (χ1) is 9.31. The molecule has 3 aliphatic rings. The van der Waals surface area contributed by atoms with Crippen LogP contribution in [0.3, 0.4) is 0 Å². The summed E-state index contributed by atoms with van der Waals surface area (Å²) in [6.45, 7) is 5.21. The topological polar surface area (TPSA) is 35.6 Å². The number of carbonyl (C=O) groups is 1. The van der Waals surface area contributed by atoms with Gasteiger partial charge in [0.05, 0.1) is 0 Å². The Labute approximate surface area is 116 Å². The van der Waals surface area contributed by atoms with Gasteiger partial charge in [-0.05, 0) is 31.6 Å². The van der Waals surface area contributed by atoms with Crippen LogP contribution in [0.4, 0.5) is 4.79 Å². The molecule has 19 heavy (non-hydrogen) atoms.